The molecule has 0 aromatic carbocycles. The van der Waals surface area contributed by atoms with E-state index in [1.165, 1.54) is 25.8 Å². The Labute approximate surface area is 115 Å². The van der Waals surface area contributed by atoms with Crippen LogP contribution in [0.2, 0.25) is 0 Å². The Kier molecular flexibility index (Phi) is 6.33. The third kappa shape index (κ3) is 5.30. The molecule has 0 atom stereocenters. The summed E-state index contributed by atoms with van der Waals surface area (Å²) in [4.78, 5) is 10.2. The molecule has 108 valence electrons. The van der Waals surface area contributed by atoms with E-state index in [2.05, 4.69) is 14.9 Å². The van der Waals surface area contributed by atoms with Gasteiger partial charge in [-0.15, -0.1) is 0 Å². The zero-order chi connectivity index (χ0) is 13.3. The molecular weight excluding hydrogens is 240 g/mol. The van der Waals surface area contributed by atoms with Gasteiger partial charge in [0.2, 0.25) is 0 Å². The molecule has 1 aliphatic heterocycles. The lowest BCUT2D eigenvalue weighted by Crippen LogP contribution is -2.36. The first-order valence-electron chi connectivity index (χ1n) is 7.41. The van der Waals surface area contributed by atoms with Gasteiger partial charge >= 0.3 is 0 Å². The molecule has 3 N–H and O–H groups in total. The number of aromatic amines is 1. The van der Waals surface area contributed by atoms with E-state index in [4.69, 9.17) is 10.5 Å². The quantitative estimate of drug-likeness (QED) is 0.688. The molecule has 0 radical (unpaired) electrons. The van der Waals surface area contributed by atoms with E-state index < -0.39 is 0 Å². The predicted molar refractivity (Wildman–Crippen MR) is 76.2 cm³/mol. The number of nitrogens with zero attached hydrogens (tertiary/aromatic N) is 2. The SMILES string of the molecule is NCCc1cnc(CCCCCN2CCOCC2)[nH]1. The van der Waals surface area contributed by atoms with E-state index in [1.807, 2.05) is 6.20 Å². The second kappa shape index (κ2) is 8.30. The zero-order valence-electron chi connectivity index (χ0n) is 11.7. The lowest BCUT2D eigenvalue weighted by Gasteiger charge is -2.26. The van der Waals surface area contributed by atoms with Gasteiger partial charge in [-0.3, -0.25) is 4.90 Å². The third-order valence-corrected chi connectivity index (χ3v) is 3.59. The van der Waals surface area contributed by atoms with Crippen molar-refractivity contribution in [2.45, 2.75) is 32.1 Å². The van der Waals surface area contributed by atoms with Gasteiger partial charge < -0.3 is 15.5 Å². The number of imidazole rings is 1. The fourth-order valence-electron chi connectivity index (χ4n) is 2.44. The first-order valence-corrected chi connectivity index (χ1v) is 7.41. The van der Waals surface area contributed by atoms with Crippen LogP contribution >= 0.6 is 0 Å². The van der Waals surface area contributed by atoms with Crippen molar-refractivity contribution >= 4 is 0 Å². The van der Waals surface area contributed by atoms with Gasteiger partial charge in [-0.1, -0.05) is 6.42 Å². The molecule has 0 unspecified atom stereocenters. The number of aryl methyl sites for hydroxylation is 1. The molecule has 2 rings (SSSR count). The van der Waals surface area contributed by atoms with Crippen molar-refractivity contribution in [3.63, 3.8) is 0 Å². The van der Waals surface area contributed by atoms with Gasteiger partial charge in [0.1, 0.15) is 5.82 Å². The van der Waals surface area contributed by atoms with E-state index in [-0.39, 0.29) is 0 Å². The minimum Gasteiger partial charge on any atom is -0.379 e. The highest BCUT2D eigenvalue weighted by atomic mass is 16.5. The number of hydrogen-bond acceptors (Lipinski definition) is 4. The highest BCUT2D eigenvalue weighted by Crippen LogP contribution is 2.06. The predicted octanol–water partition coefficient (Wildman–Crippen LogP) is 0.956. The number of nitrogens with two attached hydrogens (primary N) is 1. The van der Waals surface area contributed by atoms with Gasteiger partial charge in [0.25, 0.3) is 0 Å². The minimum absolute atomic E-state index is 0.682. The first-order chi connectivity index (χ1) is 9.38. The number of hydrogen-bond donors (Lipinski definition) is 2. The zero-order valence-corrected chi connectivity index (χ0v) is 11.7. The molecule has 5 heteroatoms. The fourth-order valence-corrected chi connectivity index (χ4v) is 2.44. The van der Waals surface area contributed by atoms with Crippen LogP contribution in [-0.4, -0.2) is 54.3 Å². The summed E-state index contributed by atoms with van der Waals surface area (Å²) in [5.41, 5.74) is 6.68. The highest BCUT2D eigenvalue weighted by molar-refractivity contribution is 5.01. The van der Waals surface area contributed by atoms with Crippen LogP contribution in [0.5, 0.6) is 0 Å². The third-order valence-electron chi connectivity index (χ3n) is 3.59. The van der Waals surface area contributed by atoms with Crippen LogP contribution in [0.25, 0.3) is 0 Å². The molecule has 5 nitrogen and oxygen atoms in total. The van der Waals surface area contributed by atoms with Crippen LogP contribution < -0.4 is 5.73 Å². The summed E-state index contributed by atoms with van der Waals surface area (Å²) in [6.45, 7) is 5.88. The topological polar surface area (TPSA) is 67.2 Å². The van der Waals surface area contributed by atoms with Gasteiger partial charge in [-0.05, 0) is 25.9 Å². The summed E-state index contributed by atoms with van der Waals surface area (Å²) >= 11 is 0. The molecule has 0 spiro atoms. The first kappa shape index (κ1) is 14.5. The lowest BCUT2D eigenvalue weighted by molar-refractivity contribution is 0.0371. The van der Waals surface area contributed by atoms with Gasteiger partial charge in [0.15, 0.2) is 0 Å². The van der Waals surface area contributed by atoms with E-state index in [0.717, 1.165) is 50.7 Å². The van der Waals surface area contributed by atoms with Crippen LogP contribution in [0.1, 0.15) is 30.8 Å². The Morgan fingerprint density at radius 2 is 2.05 bits per heavy atom. The van der Waals surface area contributed by atoms with Crippen LogP contribution in [-0.2, 0) is 17.6 Å². The molecule has 0 saturated carbocycles. The molecule has 1 saturated heterocycles. The van der Waals surface area contributed by atoms with Gasteiger partial charge in [0, 0.05) is 37.8 Å². The number of aromatic nitrogens is 2. The molecule has 0 aliphatic carbocycles. The molecule has 0 amide bonds. The lowest BCUT2D eigenvalue weighted by atomic mass is 10.2. The molecular formula is C14H26N4O. The molecule has 19 heavy (non-hydrogen) atoms. The fraction of sp³-hybridized carbons (Fsp3) is 0.786. The summed E-state index contributed by atoms with van der Waals surface area (Å²) < 4.78 is 5.34. The molecule has 1 aromatic rings. The van der Waals surface area contributed by atoms with Crippen LogP contribution in [0.3, 0.4) is 0 Å². The van der Waals surface area contributed by atoms with Crippen molar-refractivity contribution < 1.29 is 4.74 Å². The Balaban J connectivity index is 1.53. The monoisotopic (exact) mass is 266 g/mol. The Morgan fingerprint density at radius 3 is 2.84 bits per heavy atom. The Bertz CT molecular complexity index is 347. The average Bonchev–Trinajstić information content (AvgIpc) is 2.88. The number of rotatable bonds is 8. The van der Waals surface area contributed by atoms with Crippen molar-refractivity contribution in [2.24, 2.45) is 5.73 Å². The molecule has 2 heterocycles. The maximum Gasteiger partial charge on any atom is 0.106 e. The van der Waals surface area contributed by atoms with Crippen LogP contribution in [0, 0.1) is 0 Å². The number of ether oxygens (including phenoxy) is 1. The van der Waals surface area contributed by atoms with E-state index >= 15 is 0 Å². The van der Waals surface area contributed by atoms with Crippen molar-refractivity contribution in [3.8, 4) is 0 Å². The van der Waals surface area contributed by atoms with Crippen molar-refractivity contribution in [3.05, 3.63) is 17.7 Å². The van der Waals surface area contributed by atoms with Crippen molar-refractivity contribution in [1.29, 1.82) is 0 Å². The largest absolute Gasteiger partial charge is 0.379 e. The second-order valence-electron chi connectivity index (χ2n) is 5.16. The smallest absolute Gasteiger partial charge is 0.106 e. The number of morpholine rings is 1. The maximum atomic E-state index is 5.52. The second-order valence-corrected chi connectivity index (χ2v) is 5.16. The Morgan fingerprint density at radius 1 is 1.21 bits per heavy atom. The molecule has 0 bridgehead atoms. The normalized spacial score (nSPS) is 16.9. The van der Waals surface area contributed by atoms with Gasteiger partial charge in [-0.25, -0.2) is 4.98 Å². The summed E-state index contributed by atoms with van der Waals surface area (Å²) in [6.07, 6.45) is 7.61. The highest BCUT2D eigenvalue weighted by Gasteiger charge is 2.09. The number of nitrogens with one attached hydrogen (secondary N) is 1. The van der Waals surface area contributed by atoms with Crippen LogP contribution in [0.15, 0.2) is 6.20 Å². The summed E-state index contributed by atoms with van der Waals surface area (Å²) in [5, 5.41) is 0. The standard InChI is InChI=1S/C14H26N4O/c15-6-5-13-12-16-14(17-13)4-2-1-3-7-18-8-10-19-11-9-18/h12H,1-11,15H2,(H,16,17). The van der Waals surface area contributed by atoms with Crippen molar-refractivity contribution in [1.82, 2.24) is 14.9 Å². The molecule has 1 fully saturated rings. The van der Waals surface area contributed by atoms with Crippen molar-refractivity contribution in [2.75, 3.05) is 39.4 Å². The van der Waals surface area contributed by atoms with E-state index in [1.54, 1.807) is 0 Å². The summed E-state index contributed by atoms with van der Waals surface area (Å²) in [5.74, 6) is 1.11. The Hall–Kier alpha value is -0.910. The van der Waals surface area contributed by atoms with Gasteiger partial charge in [0.05, 0.1) is 13.2 Å². The maximum absolute atomic E-state index is 5.52. The summed E-state index contributed by atoms with van der Waals surface area (Å²) in [6, 6.07) is 0. The minimum atomic E-state index is 0.682. The van der Waals surface area contributed by atoms with E-state index in [0.29, 0.717) is 6.54 Å². The molecule has 1 aliphatic rings. The number of H-pyrrole nitrogens is 1. The average molecular weight is 266 g/mol. The molecule has 1 aromatic heterocycles. The van der Waals surface area contributed by atoms with Gasteiger partial charge in [-0.2, -0.15) is 0 Å². The summed E-state index contributed by atoms with van der Waals surface area (Å²) in [7, 11) is 0. The number of unbranched alkanes of at least 4 members (excludes halogenated alkanes) is 2. The van der Waals surface area contributed by atoms with Crippen LogP contribution in [0.4, 0.5) is 0 Å². The van der Waals surface area contributed by atoms with E-state index in [9.17, 15) is 0 Å².